The zero-order chi connectivity index (χ0) is 22.8. The highest BCUT2D eigenvalue weighted by Gasteiger charge is 2.44. The molecule has 1 saturated heterocycles. The van der Waals surface area contributed by atoms with Crippen molar-refractivity contribution in [2.24, 2.45) is 0 Å². The van der Waals surface area contributed by atoms with Crippen LogP contribution in [-0.4, -0.2) is 49.3 Å². The Morgan fingerprint density at radius 2 is 2.03 bits per heavy atom. The maximum absolute atomic E-state index is 15.1. The van der Waals surface area contributed by atoms with Crippen LogP contribution in [0.3, 0.4) is 0 Å². The number of nitrogens with zero attached hydrogens (tertiary/aromatic N) is 1. The number of hydrogen-bond acceptors (Lipinski definition) is 5. The van der Waals surface area contributed by atoms with Gasteiger partial charge in [0.2, 0.25) is 5.82 Å². The number of carbonyl (C=O) groups is 1. The van der Waals surface area contributed by atoms with Crippen LogP contribution in [0, 0.1) is 5.82 Å². The fourth-order valence-electron chi connectivity index (χ4n) is 4.70. The first-order valence-corrected chi connectivity index (χ1v) is 11.6. The van der Waals surface area contributed by atoms with Crippen LogP contribution in [0.2, 0.25) is 0 Å². The molecule has 4 rings (SSSR count). The minimum absolute atomic E-state index is 0.159. The van der Waals surface area contributed by atoms with Gasteiger partial charge in [0, 0.05) is 17.5 Å². The Morgan fingerprint density at radius 1 is 1.25 bits per heavy atom. The van der Waals surface area contributed by atoms with Crippen molar-refractivity contribution < 1.29 is 23.4 Å². The van der Waals surface area contributed by atoms with Gasteiger partial charge in [0.25, 0.3) is 0 Å². The van der Waals surface area contributed by atoms with Crippen LogP contribution < -0.4 is 9.47 Å². The topological polar surface area (TPSA) is 48.0 Å². The lowest BCUT2D eigenvalue weighted by molar-refractivity contribution is -0.155. The van der Waals surface area contributed by atoms with E-state index in [1.807, 2.05) is 39.0 Å². The maximum Gasteiger partial charge on any atom is 0.307 e. The molecule has 0 bridgehead atoms. The molecule has 0 unspecified atom stereocenters. The summed E-state index contributed by atoms with van der Waals surface area (Å²) < 4.78 is 32.2. The number of fused-ring (bicyclic) bond motifs is 2. The molecular weight excluding hydrogens is 409 g/mol. The van der Waals surface area contributed by atoms with Crippen molar-refractivity contribution in [3.63, 3.8) is 0 Å². The van der Waals surface area contributed by atoms with Gasteiger partial charge >= 0.3 is 5.97 Å². The van der Waals surface area contributed by atoms with E-state index < -0.39 is 11.4 Å². The van der Waals surface area contributed by atoms with E-state index in [1.54, 1.807) is 6.07 Å². The number of carbonyl (C=O) groups excluding carboxylic acids is 1. The van der Waals surface area contributed by atoms with Gasteiger partial charge in [-0.05, 0) is 71.2 Å². The van der Waals surface area contributed by atoms with Crippen molar-refractivity contribution in [3.05, 3.63) is 47.3 Å². The lowest BCUT2D eigenvalue weighted by Gasteiger charge is -2.38. The third kappa shape index (κ3) is 5.17. The molecular formula is C26H34FNO4. The summed E-state index contributed by atoms with van der Waals surface area (Å²) >= 11 is 0. The number of halogens is 1. The number of ether oxygens (including phenoxy) is 3. The third-order valence-electron chi connectivity index (χ3n) is 6.50. The van der Waals surface area contributed by atoms with Gasteiger partial charge in [0.15, 0.2) is 11.5 Å². The van der Waals surface area contributed by atoms with E-state index in [2.05, 4.69) is 11.0 Å². The molecule has 0 N–H and O–H groups in total. The molecule has 1 aromatic carbocycles. The van der Waals surface area contributed by atoms with Crippen LogP contribution >= 0.6 is 0 Å². The quantitative estimate of drug-likeness (QED) is 0.583. The monoisotopic (exact) mass is 443 g/mol. The number of piperidine rings is 1. The molecule has 1 spiro atoms. The predicted molar refractivity (Wildman–Crippen MR) is 122 cm³/mol. The van der Waals surface area contributed by atoms with Crippen LogP contribution in [0.15, 0.2) is 35.9 Å². The van der Waals surface area contributed by atoms with Crippen LogP contribution in [-0.2, 0) is 14.9 Å². The average molecular weight is 444 g/mol. The highest BCUT2D eigenvalue weighted by atomic mass is 19.1. The van der Waals surface area contributed by atoms with Crippen LogP contribution in [0.1, 0.15) is 58.4 Å². The molecule has 0 aromatic heterocycles. The number of esters is 1. The summed E-state index contributed by atoms with van der Waals surface area (Å²) in [5, 5.41) is 0. The molecule has 174 valence electrons. The second kappa shape index (κ2) is 9.26. The second-order valence-corrected chi connectivity index (χ2v) is 10.1. The molecule has 0 atom stereocenters. The second-order valence-electron chi connectivity index (χ2n) is 10.1. The smallest absolute Gasteiger partial charge is 0.307 e. The van der Waals surface area contributed by atoms with Gasteiger partial charge in [-0.15, -0.1) is 0 Å². The first-order valence-electron chi connectivity index (χ1n) is 11.6. The molecule has 0 amide bonds. The van der Waals surface area contributed by atoms with Gasteiger partial charge in [-0.25, -0.2) is 0 Å². The Hall–Kier alpha value is -2.34. The highest BCUT2D eigenvalue weighted by molar-refractivity contribution is 5.70. The van der Waals surface area contributed by atoms with E-state index in [0.29, 0.717) is 31.9 Å². The standard InChI is InChI=1S/C26H34FNO4/c1-25(2,3)32-22(29)11-14-28-15-12-26(13-16-28)18-31-24-20(26)9-10-21(23(24)27)30-17-19-7-5-4-6-8-19/h4-5,7,9-10H,6,8,11-18H2,1-3H3. The Bertz CT molecular complexity index is 907. The fraction of sp³-hybridized carbons (Fsp3) is 0.577. The first kappa shape index (κ1) is 22.8. The summed E-state index contributed by atoms with van der Waals surface area (Å²) in [6.45, 7) is 8.94. The van der Waals surface area contributed by atoms with Crippen molar-refractivity contribution in [1.82, 2.24) is 4.90 Å². The predicted octanol–water partition coefficient (Wildman–Crippen LogP) is 4.94. The molecule has 6 heteroatoms. The van der Waals surface area contributed by atoms with Gasteiger partial charge in [0.05, 0.1) is 13.0 Å². The molecule has 1 fully saturated rings. The van der Waals surface area contributed by atoms with E-state index in [0.717, 1.165) is 44.3 Å². The van der Waals surface area contributed by atoms with Crippen molar-refractivity contribution in [3.8, 4) is 11.5 Å². The SMILES string of the molecule is CC(C)(C)OC(=O)CCN1CCC2(CC1)COc1c2ccc(OCC2=CC=CCC2)c1F. The summed E-state index contributed by atoms with van der Waals surface area (Å²) in [6.07, 6.45) is 10.3. The lowest BCUT2D eigenvalue weighted by Crippen LogP contribution is -2.44. The molecule has 32 heavy (non-hydrogen) atoms. The minimum atomic E-state index is -0.453. The summed E-state index contributed by atoms with van der Waals surface area (Å²) in [5.74, 6) is 0.0499. The van der Waals surface area contributed by atoms with Crippen molar-refractivity contribution in [2.45, 2.75) is 63.9 Å². The zero-order valence-electron chi connectivity index (χ0n) is 19.4. The van der Waals surface area contributed by atoms with Gasteiger partial charge in [-0.2, -0.15) is 4.39 Å². The average Bonchev–Trinajstić information content (AvgIpc) is 3.11. The number of likely N-dealkylation sites (tertiary alicyclic amines) is 1. The molecule has 0 radical (unpaired) electrons. The molecule has 1 aliphatic carbocycles. The molecule has 0 saturated carbocycles. The van der Waals surface area contributed by atoms with E-state index in [9.17, 15) is 4.79 Å². The molecule has 1 aromatic rings. The zero-order valence-corrected chi connectivity index (χ0v) is 19.4. The number of hydrogen-bond donors (Lipinski definition) is 0. The summed E-state index contributed by atoms with van der Waals surface area (Å²) in [6, 6.07) is 3.73. The Balaban J connectivity index is 1.34. The Labute approximate surface area is 190 Å². The third-order valence-corrected chi connectivity index (χ3v) is 6.50. The largest absolute Gasteiger partial charge is 0.489 e. The summed E-state index contributed by atoms with van der Waals surface area (Å²) in [7, 11) is 0. The van der Waals surface area contributed by atoms with Crippen LogP contribution in [0.5, 0.6) is 11.5 Å². The summed E-state index contributed by atoms with van der Waals surface area (Å²) in [5.41, 5.74) is 1.51. The Morgan fingerprint density at radius 3 is 2.72 bits per heavy atom. The normalized spacial score (nSPS) is 19.9. The van der Waals surface area contributed by atoms with Crippen molar-refractivity contribution in [2.75, 3.05) is 32.8 Å². The minimum Gasteiger partial charge on any atom is -0.489 e. The lowest BCUT2D eigenvalue weighted by atomic mass is 9.74. The van der Waals surface area contributed by atoms with Crippen LogP contribution in [0.4, 0.5) is 4.39 Å². The van der Waals surface area contributed by atoms with Gasteiger partial charge in [-0.1, -0.05) is 24.3 Å². The number of rotatable bonds is 6. The molecule has 2 heterocycles. The van der Waals surface area contributed by atoms with Gasteiger partial charge in [0.1, 0.15) is 12.2 Å². The molecule has 3 aliphatic rings. The van der Waals surface area contributed by atoms with Crippen LogP contribution in [0.25, 0.3) is 0 Å². The summed E-state index contributed by atoms with van der Waals surface area (Å²) in [4.78, 5) is 14.3. The molecule has 2 aliphatic heterocycles. The molecule has 5 nitrogen and oxygen atoms in total. The van der Waals surface area contributed by atoms with Crippen molar-refractivity contribution in [1.29, 1.82) is 0 Å². The number of benzene rings is 1. The van der Waals surface area contributed by atoms with Gasteiger partial charge in [-0.3, -0.25) is 4.79 Å². The van der Waals surface area contributed by atoms with E-state index in [1.165, 1.54) is 5.57 Å². The van der Waals surface area contributed by atoms with Crippen molar-refractivity contribution >= 4 is 5.97 Å². The highest BCUT2D eigenvalue weighted by Crippen LogP contribution is 2.48. The fourth-order valence-corrected chi connectivity index (χ4v) is 4.70. The van der Waals surface area contributed by atoms with E-state index >= 15 is 4.39 Å². The van der Waals surface area contributed by atoms with Gasteiger partial charge < -0.3 is 19.1 Å². The van der Waals surface area contributed by atoms with E-state index in [-0.39, 0.29) is 17.1 Å². The maximum atomic E-state index is 15.1. The first-order chi connectivity index (χ1) is 15.3. The Kier molecular flexibility index (Phi) is 6.61. The number of allylic oxidation sites excluding steroid dienone is 3. The van der Waals surface area contributed by atoms with E-state index in [4.69, 9.17) is 14.2 Å².